The van der Waals surface area contributed by atoms with Crippen LogP contribution in [0.15, 0.2) is 18.2 Å². The van der Waals surface area contributed by atoms with Gasteiger partial charge in [0, 0.05) is 11.1 Å². The van der Waals surface area contributed by atoms with Crippen molar-refractivity contribution in [3.05, 3.63) is 34.3 Å². The van der Waals surface area contributed by atoms with Gasteiger partial charge in [-0.2, -0.15) is 0 Å². The van der Waals surface area contributed by atoms with E-state index in [4.69, 9.17) is 23.2 Å². The summed E-state index contributed by atoms with van der Waals surface area (Å²) in [4.78, 5) is 21.6. The van der Waals surface area contributed by atoms with Gasteiger partial charge in [0.25, 0.3) is 5.24 Å². The first kappa shape index (κ1) is 10.2. The average molecular weight is 217 g/mol. The third-order valence-corrected chi connectivity index (χ3v) is 2.11. The van der Waals surface area contributed by atoms with E-state index in [1.165, 1.54) is 25.1 Å². The predicted molar refractivity (Wildman–Crippen MR) is 51.6 cm³/mol. The molecule has 0 aliphatic carbocycles. The molecule has 0 atom stereocenters. The minimum Gasteiger partial charge on any atom is -0.294 e. The topological polar surface area (TPSA) is 34.1 Å². The van der Waals surface area contributed by atoms with E-state index in [0.717, 1.165) is 0 Å². The molecule has 0 amide bonds. The Morgan fingerprint density at radius 1 is 1.31 bits per heavy atom. The van der Waals surface area contributed by atoms with Crippen LogP contribution in [0, 0.1) is 0 Å². The Labute approximate surface area is 85.5 Å². The van der Waals surface area contributed by atoms with E-state index in [-0.39, 0.29) is 16.4 Å². The van der Waals surface area contributed by atoms with E-state index in [1.54, 1.807) is 0 Å². The summed E-state index contributed by atoms with van der Waals surface area (Å²) in [5.74, 6) is -0.140. The van der Waals surface area contributed by atoms with Crippen molar-refractivity contribution in [1.29, 1.82) is 0 Å². The molecule has 0 bridgehead atoms. The van der Waals surface area contributed by atoms with Crippen molar-refractivity contribution in [2.24, 2.45) is 0 Å². The van der Waals surface area contributed by atoms with E-state index in [9.17, 15) is 9.59 Å². The summed E-state index contributed by atoms with van der Waals surface area (Å²) in [6, 6.07) is 4.34. The lowest BCUT2D eigenvalue weighted by molar-refractivity contribution is 0.101. The molecule has 0 aliphatic rings. The van der Waals surface area contributed by atoms with Crippen LogP contribution in [0.5, 0.6) is 0 Å². The zero-order chi connectivity index (χ0) is 10.0. The van der Waals surface area contributed by atoms with Gasteiger partial charge in [0.15, 0.2) is 5.78 Å². The SMILES string of the molecule is CC(=O)c1ccc(C(=O)Cl)cc1Cl. The van der Waals surface area contributed by atoms with Gasteiger partial charge in [-0.05, 0) is 36.7 Å². The summed E-state index contributed by atoms with van der Waals surface area (Å²) in [5.41, 5.74) is 0.681. The summed E-state index contributed by atoms with van der Waals surface area (Å²) in [6.45, 7) is 1.41. The van der Waals surface area contributed by atoms with Gasteiger partial charge in [-0.25, -0.2) is 0 Å². The molecule has 0 radical (unpaired) electrons. The maximum absolute atomic E-state index is 10.9. The number of benzene rings is 1. The van der Waals surface area contributed by atoms with Crippen molar-refractivity contribution in [1.82, 2.24) is 0 Å². The lowest BCUT2D eigenvalue weighted by Crippen LogP contribution is -1.96. The minimum absolute atomic E-state index is 0.140. The molecule has 0 spiro atoms. The fraction of sp³-hybridized carbons (Fsp3) is 0.111. The molecule has 0 saturated carbocycles. The van der Waals surface area contributed by atoms with Gasteiger partial charge >= 0.3 is 0 Å². The van der Waals surface area contributed by atoms with Crippen LogP contribution in [0.3, 0.4) is 0 Å². The molecule has 0 aliphatic heterocycles. The Kier molecular flexibility index (Phi) is 3.07. The molecule has 0 heterocycles. The lowest BCUT2D eigenvalue weighted by atomic mass is 10.1. The zero-order valence-electron chi connectivity index (χ0n) is 6.80. The summed E-state index contributed by atoms with van der Waals surface area (Å²) in [7, 11) is 0. The second kappa shape index (κ2) is 3.90. The van der Waals surface area contributed by atoms with E-state index >= 15 is 0 Å². The first-order valence-electron chi connectivity index (χ1n) is 3.52. The molecule has 0 fully saturated rings. The molecule has 0 aromatic heterocycles. The number of carbonyl (C=O) groups excluding carboxylic acids is 2. The number of halogens is 2. The van der Waals surface area contributed by atoms with Crippen molar-refractivity contribution in [2.75, 3.05) is 0 Å². The lowest BCUT2D eigenvalue weighted by Gasteiger charge is -2.00. The summed E-state index contributed by atoms with van der Waals surface area (Å²) >= 11 is 11.0. The highest BCUT2D eigenvalue weighted by Crippen LogP contribution is 2.19. The summed E-state index contributed by atoms with van der Waals surface area (Å²) in [5, 5.41) is -0.337. The van der Waals surface area contributed by atoms with Crippen LogP contribution in [0.25, 0.3) is 0 Å². The molecular weight excluding hydrogens is 211 g/mol. The van der Waals surface area contributed by atoms with Crippen LogP contribution < -0.4 is 0 Å². The van der Waals surface area contributed by atoms with Crippen LogP contribution in [0.4, 0.5) is 0 Å². The number of ketones is 1. The highest BCUT2D eigenvalue weighted by atomic mass is 35.5. The van der Waals surface area contributed by atoms with Crippen LogP contribution in [-0.2, 0) is 0 Å². The second-order valence-electron chi connectivity index (χ2n) is 2.52. The highest BCUT2D eigenvalue weighted by Gasteiger charge is 2.08. The zero-order valence-corrected chi connectivity index (χ0v) is 8.32. The maximum Gasteiger partial charge on any atom is 0.252 e. The molecular formula is C9H6Cl2O2. The standard InChI is InChI=1S/C9H6Cl2O2/c1-5(12)7-3-2-6(9(11)13)4-8(7)10/h2-4H,1H3. The van der Waals surface area contributed by atoms with Crippen molar-refractivity contribution >= 4 is 34.2 Å². The second-order valence-corrected chi connectivity index (χ2v) is 3.28. The molecule has 1 aromatic carbocycles. The molecule has 68 valence electrons. The van der Waals surface area contributed by atoms with Crippen LogP contribution >= 0.6 is 23.2 Å². The van der Waals surface area contributed by atoms with Gasteiger partial charge in [0.1, 0.15) is 0 Å². The van der Waals surface area contributed by atoms with Gasteiger partial charge in [-0.3, -0.25) is 9.59 Å². The Morgan fingerprint density at radius 2 is 1.92 bits per heavy atom. The van der Waals surface area contributed by atoms with E-state index in [2.05, 4.69) is 0 Å². The summed E-state index contributed by atoms with van der Waals surface area (Å²) in [6.07, 6.45) is 0. The monoisotopic (exact) mass is 216 g/mol. The number of rotatable bonds is 2. The van der Waals surface area contributed by atoms with Gasteiger partial charge in [-0.1, -0.05) is 11.6 Å². The van der Waals surface area contributed by atoms with Crippen molar-refractivity contribution in [2.45, 2.75) is 6.92 Å². The number of hydrogen-bond donors (Lipinski definition) is 0. The molecule has 4 heteroatoms. The predicted octanol–water partition coefficient (Wildman–Crippen LogP) is 2.92. The van der Waals surface area contributed by atoms with Crippen molar-refractivity contribution in [3.8, 4) is 0 Å². The quantitative estimate of drug-likeness (QED) is 0.563. The number of hydrogen-bond acceptors (Lipinski definition) is 2. The van der Waals surface area contributed by atoms with Gasteiger partial charge in [-0.15, -0.1) is 0 Å². The highest BCUT2D eigenvalue weighted by molar-refractivity contribution is 6.67. The van der Waals surface area contributed by atoms with E-state index in [1.807, 2.05) is 0 Å². The third-order valence-electron chi connectivity index (χ3n) is 1.58. The number of Topliss-reactive ketones (excluding diaryl/α,β-unsaturated/α-hetero) is 1. The van der Waals surface area contributed by atoms with Crippen LogP contribution in [-0.4, -0.2) is 11.0 Å². The van der Waals surface area contributed by atoms with Gasteiger partial charge < -0.3 is 0 Å². The smallest absolute Gasteiger partial charge is 0.252 e. The molecule has 0 unspecified atom stereocenters. The van der Waals surface area contributed by atoms with Crippen LogP contribution in [0.2, 0.25) is 5.02 Å². The Bertz CT molecular complexity index is 372. The fourth-order valence-electron chi connectivity index (χ4n) is 0.923. The van der Waals surface area contributed by atoms with Crippen molar-refractivity contribution < 1.29 is 9.59 Å². The Balaban J connectivity index is 3.20. The maximum atomic E-state index is 10.9. The fourth-order valence-corrected chi connectivity index (χ4v) is 1.35. The molecule has 2 nitrogen and oxygen atoms in total. The number of carbonyl (C=O) groups is 2. The molecule has 1 rings (SSSR count). The third kappa shape index (κ3) is 2.29. The van der Waals surface area contributed by atoms with E-state index < -0.39 is 5.24 Å². The molecule has 0 saturated heterocycles. The molecule has 13 heavy (non-hydrogen) atoms. The average Bonchev–Trinajstić information content (AvgIpc) is 2.03. The Morgan fingerprint density at radius 3 is 2.31 bits per heavy atom. The molecule has 1 aromatic rings. The first-order chi connectivity index (χ1) is 6.02. The van der Waals surface area contributed by atoms with Gasteiger partial charge in [0.2, 0.25) is 0 Å². The first-order valence-corrected chi connectivity index (χ1v) is 4.28. The largest absolute Gasteiger partial charge is 0.294 e. The Hall–Kier alpha value is -0.860. The van der Waals surface area contributed by atoms with E-state index in [0.29, 0.717) is 5.56 Å². The van der Waals surface area contributed by atoms with Gasteiger partial charge in [0.05, 0.1) is 5.02 Å². The van der Waals surface area contributed by atoms with Crippen molar-refractivity contribution in [3.63, 3.8) is 0 Å². The van der Waals surface area contributed by atoms with Crippen LogP contribution in [0.1, 0.15) is 27.6 Å². The normalized spacial score (nSPS) is 9.77. The molecule has 0 N–H and O–H groups in total. The summed E-state index contributed by atoms with van der Waals surface area (Å²) < 4.78 is 0. The minimum atomic E-state index is -0.586.